The molecule has 1 heterocycles. The van der Waals surface area contributed by atoms with Crippen LogP contribution in [0.15, 0.2) is 53.6 Å². The number of methoxy groups -OCH3 is 2. The number of hydrogen-bond acceptors (Lipinski definition) is 5. The molecule has 0 atom stereocenters. The van der Waals surface area contributed by atoms with Gasteiger partial charge in [0, 0.05) is 22.1 Å². The van der Waals surface area contributed by atoms with E-state index >= 15 is 0 Å². The van der Waals surface area contributed by atoms with Gasteiger partial charge in [-0.1, -0.05) is 30.3 Å². The summed E-state index contributed by atoms with van der Waals surface area (Å²) < 4.78 is 10.7. The molecule has 0 radical (unpaired) electrons. The van der Waals surface area contributed by atoms with Crippen molar-refractivity contribution in [3.8, 4) is 11.5 Å². The summed E-state index contributed by atoms with van der Waals surface area (Å²) in [6, 6.07) is 14.2. The lowest BCUT2D eigenvalue weighted by molar-refractivity contribution is 0.355. The SMILES string of the molecule is COc1cc2nncc(SCc3ccccc3)c2cc1OC. The molecule has 0 bridgehead atoms. The predicted octanol–water partition coefficient (Wildman–Crippen LogP) is 3.94. The van der Waals surface area contributed by atoms with Crippen LogP contribution in [0.1, 0.15) is 5.56 Å². The molecule has 0 amide bonds. The fourth-order valence-corrected chi connectivity index (χ4v) is 3.17. The molecule has 0 N–H and O–H groups in total. The van der Waals surface area contributed by atoms with Gasteiger partial charge in [0.15, 0.2) is 11.5 Å². The lowest BCUT2D eigenvalue weighted by Gasteiger charge is -2.10. The average Bonchev–Trinajstić information content (AvgIpc) is 2.59. The molecule has 0 saturated carbocycles. The standard InChI is InChI=1S/C17H16N2O2S/c1-20-15-8-13-14(9-16(15)21-2)19-18-10-17(13)22-11-12-6-4-3-5-7-12/h3-10H,11H2,1-2H3. The van der Waals surface area contributed by atoms with E-state index in [2.05, 4.69) is 22.3 Å². The molecule has 3 rings (SSSR count). The molecule has 0 aliphatic rings. The van der Waals surface area contributed by atoms with Crippen molar-refractivity contribution in [3.63, 3.8) is 0 Å². The Morgan fingerprint density at radius 3 is 2.45 bits per heavy atom. The van der Waals surface area contributed by atoms with E-state index < -0.39 is 0 Å². The van der Waals surface area contributed by atoms with Gasteiger partial charge in [0.1, 0.15) is 0 Å². The summed E-state index contributed by atoms with van der Waals surface area (Å²) >= 11 is 1.74. The van der Waals surface area contributed by atoms with Gasteiger partial charge in [-0.15, -0.1) is 11.8 Å². The molecule has 0 spiro atoms. The average molecular weight is 312 g/mol. The quantitative estimate of drug-likeness (QED) is 0.668. The van der Waals surface area contributed by atoms with Crippen LogP contribution in [0.25, 0.3) is 10.9 Å². The lowest BCUT2D eigenvalue weighted by atomic mass is 10.2. The van der Waals surface area contributed by atoms with Gasteiger partial charge in [-0.3, -0.25) is 0 Å². The topological polar surface area (TPSA) is 44.2 Å². The normalized spacial score (nSPS) is 10.6. The van der Waals surface area contributed by atoms with E-state index in [1.165, 1.54) is 5.56 Å². The minimum atomic E-state index is 0.662. The van der Waals surface area contributed by atoms with E-state index in [1.54, 1.807) is 32.2 Å². The third-order valence-corrected chi connectivity index (χ3v) is 4.46. The first kappa shape index (κ1) is 14.7. The highest BCUT2D eigenvalue weighted by atomic mass is 32.2. The molecule has 0 aliphatic carbocycles. The molecule has 5 heteroatoms. The second-order valence-corrected chi connectivity index (χ2v) is 5.72. The van der Waals surface area contributed by atoms with Crippen LogP contribution in [0.2, 0.25) is 0 Å². The Labute approximate surface area is 133 Å². The number of rotatable bonds is 5. The molecule has 0 saturated heterocycles. The molecule has 2 aromatic carbocycles. The number of thioether (sulfide) groups is 1. The third-order valence-electron chi connectivity index (χ3n) is 3.34. The largest absolute Gasteiger partial charge is 0.493 e. The molecule has 3 aromatic rings. The van der Waals surface area contributed by atoms with Crippen molar-refractivity contribution in [2.24, 2.45) is 0 Å². The van der Waals surface area contributed by atoms with Crippen molar-refractivity contribution in [2.45, 2.75) is 10.6 Å². The highest BCUT2D eigenvalue weighted by molar-refractivity contribution is 7.98. The summed E-state index contributed by atoms with van der Waals surface area (Å²) in [5, 5.41) is 9.29. The van der Waals surface area contributed by atoms with E-state index in [0.717, 1.165) is 21.6 Å². The zero-order valence-corrected chi connectivity index (χ0v) is 13.3. The Balaban J connectivity index is 1.95. The van der Waals surface area contributed by atoms with Crippen LogP contribution in [0.5, 0.6) is 11.5 Å². The van der Waals surface area contributed by atoms with Gasteiger partial charge in [0.05, 0.1) is 25.9 Å². The van der Waals surface area contributed by atoms with E-state index in [-0.39, 0.29) is 0 Å². The summed E-state index contributed by atoms with van der Waals surface area (Å²) in [6.07, 6.45) is 1.79. The first-order valence-corrected chi connectivity index (χ1v) is 7.84. The predicted molar refractivity (Wildman–Crippen MR) is 88.6 cm³/mol. The van der Waals surface area contributed by atoms with Crippen LogP contribution in [0.3, 0.4) is 0 Å². The van der Waals surface area contributed by atoms with Gasteiger partial charge >= 0.3 is 0 Å². The monoisotopic (exact) mass is 312 g/mol. The molecule has 4 nitrogen and oxygen atoms in total. The Morgan fingerprint density at radius 1 is 1.00 bits per heavy atom. The molecular weight excluding hydrogens is 296 g/mol. The minimum absolute atomic E-state index is 0.662. The third kappa shape index (κ3) is 2.99. The number of benzene rings is 2. The summed E-state index contributed by atoms with van der Waals surface area (Å²) in [5.41, 5.74) is 2.08. The molecule has 0 fully saturated rings. The van der Waals surface area contributed by atoms with Crippen LogP contribution in [-0.2, 0) is 5.75 Å². The fourth-order valence-electron chi connectivity index (χ4n) is 2.21. The molecule has 22 heavy (non-hydrogen) atoms. The first-order chi connectivity index (χ1) is 10.8. The van der Waals surface area contributed by atoms with E-state index in [9.17, 15) is 0 Å². The Bertz CT molecular complexity index is 778. The van der Waals surface area contributed by atoms with Crippen molar-refractivity contribution < 1.29 is 9.47 Å². The number of aromatic nitrogens is 2. The van der Waals surface area contributed by atoms with Gasteiger partial charge < -0.3 is 9.47 Å². The zero-order valence-electron chi connectivity index (χ0n) is 12.4. The van der Waals surface area contributed by atoms with E-state index in [0.29, 0.717) is 11.5 Å². The van der Waals surface area contributed by atoms with Crippen LogP contribution >= 0.6 is 11.8 Å². The van der Waals surface area contributed by atoms with Crippen molar-refractivity contribution in [1.82, 2.24) is 10.2 Å². The number of hydrogen-bond donors (Lipinski definition) is 0. The maximum atomic E-state index is 5.38. The maximum absolute atomic E-state index is 5.38. The van der Waals surface area contributed by atoms with Crippen molar-refractivity contribution in [2.75, 3.05) is 14.2 Å². The van der Waals surface area contributed by atoms with Crippen molar-refractivity contribution >= 4 is 22.7 Å². The number of fused-ring (bicyclic) bond motifs is 1. The Morgan fingerprint density at radius 2 is 1.73 bits per heavy atom. The van der Waals surface area contributed by atoms with Gasteiger partial charge in [0.2, 0.25) is 0 Å². The molecule has 0 aliphatic heterocycles. The zero-order chi connectivity index (χ0) is 15.4. The second-order valence-electron chi connectivity index (χ2n) is 4.71. The summed E-state index contributed by atoms with van der Waals surface area (Å²) in [6.45, 7) is 0. The van der Waals surface area contributed by atoms with Crippen molar-refractivity contribution in [1.29, 1.82) is 0 Å². The highest BCUT2D eigenvalue weighted by Gasteiger charge is 2.11. The smallest absolute Gasteiger partial charge is 0.162 e. The van der Waals surface area contributed by atoms with Crippen LogP contribution in [0, 0.1) is 0 Å². The molecule has 112 valence electrons. The second kappa shape index (κ2) is 6.66. The maximum Gasteiger partial charge on any atom is 0.162 e. The van der Waals surface area contributed by atoms with Crippen LogP contribution < -0.4 is 9.47 Å². The lowest BCUT2D eigenvalue weighted by Crippen LogP contribution is -1.93. The van der Waals surface area contributed by atoms with Gasteiger partial charge in [-0.2, -0.15) is 10.2 Å². The highest BCUT2D eigenvalue weighted by Crippen LogP contribution is 2.36. The van der Waals surface area contributed by atoms with Crippen LogP contribution in [-0.4, -0.2) is 24.4 Å². The van der Waals surface area contributed by atoms with E-state index in [1.807, 2.05) is 30.3 Å². The number of ether oxygens (including phenoxy) is 2. The minimum Gasteiger partial charge on any atom is -0.493 e. The van der Waals surface area contributed by atoms with Gasteiger partial charge in [-0.05, 0) is 11.6 Å². The molecule has 1 aromatic heterocycles. The summed E-state index contributed by atoms with van der Waals surface area (Å²) in [7, 11) is 3.25. The molecule has 0 unspecified atom stereocenters. The first-order valence-electron chi connectivity index (χ1n) is 6.86. The summed E-state index contributed by atoms with van der Waals surface area (Å²) in [4.78, 5) is 1.08. The van der Waals surface area contributed by atoms with Gasteiger partial charge in [0.25, 0.3) is 0 Å². The fraction of sp³-hybridized carbons (Fsp3) is 0.176. The summed E-state index contributed by atoms with van der Waals surface area (Å²) in [5.74, 6) is 2.25. The number of nitrogens with zero attached hydrogens (tertiary/aromatic N) is 2. The van der Waals surface area contributed by atoms with Crippen LogP contribution in [0.4, 0.5) is 0 Å². The molecular formula is C17H16N2O2S. The van der Waals surface area contributed by atoms with E-state index in [4.69, 9.17) is 9.47 Å². The van der Waals surface area contributed by atoms with Gasteiger partial charge in [-0.25, -0.2) is 0 Å². The Kier molecular flexibility index (Phi) is 4.44. The van der Waals surface area contributed by atoms with Crippen molar-refractivity contribution in [3.05, 3.63) is 54.2 Å². The Hall–Kier alpha value is -2.27.